The van der Waals surface area contributed by atoms with Crippen LogP contribution in [0, 0.1) is 0 Å². The minimum absolute atomic E-state index is 0.200. The van der Waals surface area contributed by atoms with E-state index in [9.17, 15) is 4.79 Å². The zero-order chi connectivity index (χ0) is 13.2. The number of hydrogen-bond donors (Lipinski definition) is 1. The van der Waals surface area contributed by atoms with Crippen LogP contribution in [0.1, 0.15) is 12.8 Å². The van der Waals surface area contributed by atoms with Crippen LogP contribution in [-0.2, 0) is 9.53 Å². The second-order valence-electron chi connectivity index (χ2n) is 4.54. The Balaban J connectivity index is 2.15. The van der Waals surface area contributed by atoms with Crippen molar-refractivity contribution < 1.29 is 14.6 Å². The summed E-state index contributed by atoms with van der Waals surface area (Å²) in [7, 11) is 0. The van der Waals surface area contributed by atoms with E-state index in [1.54, 1.807) is 0 Å². The Kier molecular flexibility index (Phi) is 7.64. The maximum atomic E-state index is 10.6. The molecule has 1 fully saturated rings. The van der Waals surface area contributed by atoms with E-state index in [0.717, 1.165) is 52.4 Å². The van der Waals surface area contributed by atoms with Crippen molar-refractivity contribution in [2.75, 3.05) is 52.5 Å². The van der Waals surface area contributed by atoms with Crippen LogP contribution in [0.2, 0.25) is 0 Å². The van der Waals surface area contributed by atoms with Gasteiger partial charge in [0.05, 0.1) is 19.6 Å². The van der Waals surface area contributed by atoms with Gasteiger partial charge in [0.15, 0.2) is 0 Å². The number of aliphatic carboxylic acids is 1. The number of nitrogens with zero attached hydrogens (tertiary/aromatic N) is 2. The first kappa shape index (κ1) is 15.1. The van der Waals surface area contributed by atoms with Gasteiger partial charge in [-0.25, -0.2) is 0 Å². The molecule has 0 aromatic rings. The SMILES string of the molecule is C=CCN(CCCN1CCOCC1)CCC(=O)O. The average molecular weight is 256 g/mol. The quantitative estimate of drug-likeness (QED) is 0.615. The molecule has 0 radical (unpaired) electrons. The highest BCUT2D eigenvalue weighted by Crippen LogP contribution is 2.00. The van der Waals surface area contributed by atoms with Gasteiger partial charge >= 0.3 is 5.97 Å². The summed E-state index contributed by atoms with van der Waals surface area (Å²) < 4.78 is 5.30. The van der Waals surface area contributed by atoms with Crippen LogP contribution >= 0.6 is 0 Å². The summed E-state index contributed by atoms with van der Waals surface area (Å²) in [5.74, 6) is -0.739. The number of ether oxygens (including phenoxy) is 1. The van der Waals surface area contributed by atoms with E-state index < -0.39 is 5.97 Å². The molecule has 0 saturated carbocycles. The Labute approximate surface area is 109 Å². The number of carbonyl (C=O) groups is 1. The van der Waals surface area contributed by atoms with Crippen molar-refractivity contribution in [1.29, 1.82) is 0 Å². The summed E-state index contributed by atoms with van der Waals surface area (Å²) in [5, 5.41) is 8.69. The fraction of sp³-hybridized carbons (Fsp3) is 0.769. The van der Waals surface area contributed by atoms with E-state index in [1.165, 1.54) is 0 Å². The minimum atomic E-state index is -0.739. The minimum Gasteiger partial charge on any atom is -0.481 e. The Hall–Kier alpha value is -0.910. The standard InChI is InChI=1S/C13H24N2O3/c1-2-5-14(8-4-13(16)17)6-3-7-15-9-11-18-12-10-15/h2H,1,3-12H2,(H,16,17). The van der Waals surface area contributed by atoms with Gasteiger partial charge in [-0.2, -0.15) is 0 Å². The number of carboxylic acid groups (broad SMARTS) is 1. The van der Waals surface area contributed by atoms with Crippen LogP contribution in [0.5, 0.6) is 0 Å². The zero-order valence-electron chi connectivity index (χ0n) is 11.0. The zero-order valence-corrected chi connectivity index (χ0v) is 11.0. The topological polar surface area (TPSA) is 53.0 Å². The van der Waals surface area contributed by atoms with E-state index in [1.807, 2.05) is 6.08 Å². The number of rotatable bonds is 9. The van der Waals surface area contributed by atoms with Gasteiger partial charge in [-0.1, -0.05) is 6.08 Å². The third-order valence-corrected chi connectivity index (χ3v) is 3.08. The van der Waals surface area contributed by atoms with Crippen LogP contribution in [0.25, 0.3) is 0 Å². The van der Waals surface area contributed by atoms with Crippen LogP contribution < -0.4 is 0 Å². The fourth-order valence-corrected chi connectivity index (χ4v) is 2.07. The molecule has 104 valence electrons. The number of hydrogen-bond acceptors (Lipinski definition) is 4. The Morgan fingerprint density at radius 3 is 2.72 bits per heavy atom. The van der Waals surface area contributed by atoms with E-state index in [-0.39, 0.29) is 6.42 Å². The molecule has 1 rings (SSSR count). The summed E-state index contributed by atoms with van der Waals surface area (Å²) in [5.41, 5.74) is 0. The molecular weight excluding hydrogens is 232 g/mol. The number of carboxylic acids is 1. The highest BCUT2D eigenvalue weighted by atomic mass is 16.5. The maximum absolute atomic E-state index is 10.6. The first-order valence-corrected chi connectivity index (χ1v) is 6.57. The van der Waals surface area contributed by atoms with Gasteiger partial charge in [0.1, 0.15) is 0 Å². The summed E-state index contributed by atoms with van der Waals surface area (Å²) in [6.45, 7) is 10.7. The summed E-state index contributed by atoms with van der Waals surface area (Å²) in [4.78, 5) is 15.1. The van der Waals surface area contributed by atoms with Crippen molar-refractivity contribution >= 4 is 5.97 Å². The van der Waals surface area contributed by atoms with Crippen molar-refractivity contribution in [3.63, 3.8) is 0 Å². The van der Waals surface area contributed by atoms with Gasteiger partial charge in [0.25, 0.3) is 0 Å². The van der Waals surface area contributed by atoms with Crippen LogP contribution in [0.4, 0.5) is 0 Å². The van der Waals surface area contributed by atoms with Crippen LogP contribution in [0.3, 0.4) is 0 Å². The molecule has 0 aliphatic carbocycles. The molecule has 1 saturated heterocycles. The van der Waals surface area contributed by atoms with Gasteiger partial charge in [-0.3, -0.25) is 14.6 Å². The molecule has 0 unspecified atom stereocenters. The van der Waals surface area contributed by atoms with Gasteiger partial charge in [0, 0.05) is 26.2 Å². The normalized spacial score (nSPS) is 16.9. The van der Waals surface area contributed by atoms with E-state index in [2.05, 4.69) is 16.4 Å². The van der Waals surface area contributed by atoms with E-state index >= 15 is 0 Å². The van der Waals surface area contributed by atoms with Crippen molar-refractivity contribution in [3.8, 4) is 0 Å². The maximum Gasteiger partial charge on any atom is 0.304 e. The molecule has 1 aliphatic rings. The largest absolute Gasteiger partial charge is 0.481 e. The Morgan fingerprint density at radius 2 is 2.11 bits per heavy atom. The lowest BCUT2D eigenvalue weighted by Crippen LogP contribution is -2.38. The highest BCUT2D eigenvalue weighted by Gasteiger charge is 2.11. The van der Waals surface area contributed by atoms with Crippen LogP contribution in [-0.4, -0.2) is 73.4 Å². The first-order chi connectivity index (χ1) is 8.72. The fourth-order valence-electron chi connectivity index (χ4n) is 2.07. The molecular formula is C13H24N2O3. The van der Waals surface area contributed by atoms with Crippen molar-refractivity contribution in [1.82, 2.24) is 9.80 Å². The molecule has 1 N–H and O–H groups in total. The Morgan fingerprint density at radius 1 is 1.39 bits per heavy atom. The van der Waals surface area contributed by atoms with Crippen molar-refractivity contribution in [2.45, 2.75) is 12.8 Å². The van der Waals surface area contributed by atoms with Gasteiger partial charge < -0.3 is 9.84 Å². The molecule has 0 amide bonds. The lowest BCUT2D eigenvalue weighted by atomic mass is 10.3. The predicted octanol–water partition coefficient (Wildman–Crippen LogP) is 0.671. The van der Waals surface area contributed by atoms with Crippen LogP contribution in [0.15, 0.2) is 12.7 Å². The molecule has 5 heteroatoms. The van der Waals surface area contributed by atoms with Crippen molar-refractivity contribution in [3.05, 3.63) is 12.7 Å². The third kappa shape index (κ3) is 6.74. The highest BCUT2D eigenvalue weighted by molar-refractivity contribution is 5.66. The van der Waals surface area contributed by atoms with Crippen molar-refractivity contribution in [2.24, 2.45) is 0 Å². The molecule has 5 nitrogen and oxygen atoms in total. The Bertz CT molecular complexity index is 253. The van der Waals surface area contributed by atoms with Gasteiger partial charge in [0.2, 0.25) is 0 Å². The summed E-state index contributed by atoms with van der Waals surface area (Å²) in [6.07, 6.45) is 3.09. The second-order valence-corrected chi connectivity index (χ2v) is 4.54. The molecule has 0 aromatic carbocycles. The molecule has 1 heterocycles. The van der Waals surface area contributed by atoms with Gasteiger partial charge in [-0.05, 0) is 19.5 Å². The molecule has 0 aromatic heterocycles. The predicted molar refractivity (Wildman–Crippen MR) is 70.8 cm³/mol. The average Bonchev–Trinajstić information content (AvgIpc) is 2.37. The van der Waals surface area contributed by atoms with Gasteiger partial charge in [-0.15, -0.1) is 6.58 Å². The third-order valence-electron chi connectivity index (χ3n) is 3.08. The molecule has 0 bridgehead atoms. The smallest absolute Gasteiger partial charge is 0.304 e. The number of morpholine rings is 1. The second kappa shape index (κ2) is 9.08. The lowest BCUT2D eigenvalue weighted by molar-refractivity contribution is -0.137. The summed E-state index contributed by atoms with van der Waals surface area (Å²) in [6, 6.07) is 0. The molecule has 0 spiro atoms. The molecule has 0 atom stereocenters. The lowest BCUT2D eigenvalue weighted by Gasteiger charge is -2.27. The first-order valence-electron chi connectivity index (χ1n) is 6.57. The molecule has 1 aliphatic heterocycles. The van der Waals surface area contributed by atoms with E-state index in [4.69, 9.17) is 9.84 Å². The molecule has 18 heavy (non-hydrogen) atoms. The van der Waals surface area contributed by atoms with E-state index in [0.29, 0.717) is 6.54 Å². The monoisotopic (exact) mass is 256 g/mol. The summed E-state index contributed by atoms with van der Waals surface area (Å²) >= 11 is 0.